The highest BCUT2D eigenvalue weighted by atomic mass is 35.5. The molecule has 2 rings (SSSR count). The van der Waals surface area contributed by atoms with Crippen LogP contribution in [0.25, 0.3) is 0 Å². The highest BCUT2D eigenvalue weighted by molar-refractivity contribution is 6.30. The number of ether oxygens (including phenoxy) is 1. The summed E-state index contributed by atoms with van der Waals surface area (Å²) in [4.78, 5) is 14.5. The van der Waals surface area contributed by atoms with Crippen LogP contribution >= 0.6 is 11.6 Å². The molecule has 1 heterocycles. The van der Waals surface area contributed by atoms with E-state index in [1.807, 2.05) is 11.9 Å². The Balaban J connectivity index is 2.23. The molecule has 0 spiro atoms. The standard InChI is InChI=1S/C14H19ClN2O2/c1-16-9-11-4-3-7-17(11)14(18)12-6-5-10(15)8-13(12)19-2/h5-6,8,11,16H,3-4,7,9H2,1-2H3. The summed E-state index contributed by atoms with van der Waals surface area (Å²) >= 11 is 5.92. The quantitative estimate of drug-likeness (QED) is 0.920. The lowest BCUT2D eigenvalue weighted by atomic mass is 10.1. The topological polar surface area (TPSA) is 41.6 Å². The van der Waals surface area contributed by atoms with Gasteiger partial charge in [-0.2, -0.15) is 0 Å². The van der Waals surface area contributed by atoms with Gasteiger partial charge in [0.1, 0.15) is 5.75 Å². The van der Waals surface area contributed by atoms with Crippen LogP contribution in [0.2, 0.25) is 5.02 Å². The maximum Gasteiger partial charge on any atom is 0.257 e. The van der Waals surface area contributed by atoms with Crippen molar-refractivity contribution in [2.75, 3.05) is 27.2 Å². The molecule has 1 unspecified atom stereocenters. The van der Waals surface area contributed by atoms with Gasteiger partial charge in [-0.15, -0.1) is 0 Å². The van der Waals surface area contributed by atoms with Gasteiger partial charge in [-0.25, -0.2) is 0 Å². The van der Waals surface area contributed by atoms with Crippen molar-refractivity contribution in [1.82, 2.24) is 10.2 Å². The average molecular weight is 283 g/mol. The summed E-state index contributed by atoms with van der Waals surface area (Å²) in [5, 5.41) is 3.71. The van der Waals surface area contributed by atoms with Crippen LogP contribution in [-0.4, -0.2) is 44.1 Å². The van der Waals surface area contributed by atoms with Gasteiger partial charge >= 0.3 is 0 Å². The molecule has 1 saturated heterocycles. The maximum absolute atomic E-state index is 12.6. The van der Waals surface area contributed by atoms with E-state index in [0.717, 1.165) is 25.9 Å². The third-order valence-electron chi connectivity index (χ3n) is 3.47. The van der Waals surface area contributed by atoms with Crippen molar-refractivity contribution in [3.63, 3.8) is 0 Å². The number of carbonyl (C=O) groups excluding carboxylic acids is 1. The Labute approximate surface area is 118 Å². The van der Waals surface area contributed by atoms with Crippen molar-refractivity contribution in [3.05, 3.63) is 28.8 Å². The SMILES string of the molecule is CNCC1CCCN1C(=O)c1ccc(Cl)cc1OC. The Hall–Kier alpha value is -1.26. The molecule has 1 fully saturated rings. The van der Waals surface area contributed by atoms with Crippen LogP contribution < -0.4 is 10.1 Å². The number of amides is 1. The highest BCUT2D eigenvalue weighted by Gasteiger charge is 2.30. The van der Waals surface area contributed by atoms with Crippen molar-refractivity contribution >= 4 is 17.5 Å². The summed E-state index contributed by atoms with van der Waals surface area (Å²) in [6.07, 6.45) is 2.09. The summed E-state index contributed by atoms with van der Waals surface area (Å²) in [6, 6.07) is 5.40. The van der Waals surface area contributed by atoms with Crippen LogP contribution in [-0.2, 0) is 0 Å². The Morgan fingerprint density at radius 2 is 2.37 bits per heavy atom. The van der Waals surface area contributed by atoms with Gasteiger partial charge in [0.15, 0.2) is 0 Å². The number of likely N-dealkylation sites (tertiary alicyclic amines) is 1. The lowest BCUT2D eigenvalue weighted by Crippen LogP contribution is -2.40. The molecule has 104 valence electrons. The third-order valence-corrected chi connectivity index (χ3v) is 3.71. The lowest BCUT2D eigenvalue weighted by Gasteiger charge is -2.25. The van der Waals surface area contributed by atoms with Gasteiger partial charge < -0.3 is 15.0 Å². The minimum atomic E-state index is 0.0197. The van der Waals surface area contributed by atoms with E-state index in [1.165, 1.54) is 0 Å². The van der Waals surface area contributed by atoms with Crippen molar-refractivity contribution in [2.45, 2.75) is 18.9 Å². The van der Waals surface area contributed by atoms with E-state index in [9.17, 15) is 4.79 Å². The van der Waals surface area contributed by atoms with Crippen molar-refractivity contribution < 1.29 is 9.53 Å². The predicted molar refractivity (Wildman–Crippen MR) is 76.0 cm³/mol. The zero-order valence-corrected chi connectivity index (χ0v) is 12.0. The monoisotopic (exact) mass is 282 g/mol. The van der Waals surface area contributed by atoms with E-state index in [-0.39, 0.29) is 11.9 Å². The van der Waals surface area contributed by atoms with Crippen molar-refractivity contribution in [2.24, 2.45) is 0 Å². The number of nitrogens with zero attached hydrogens (tertiary/aromatic N) is 1. The number of benzene rings is 1. The molecule has 0 radical (unpaired) electrons. The molecule has 5 heteroatoms. The molecular formula is C14H19ClN2O2. The van der Waals surface area contributed by atoms with Gasteiger partial charge in [-0.3, -0.25) is 4.79 Å². The van der Waals surface area contributed by atoms with Crippen molar-refractivity contribution in [1.29, 1.82) is 0 Å². The van der Waals surface area contributed by atoms with Crippen LogP contribution in [0.15, 0.2) is 18.2 Å². The number of halogens is 1. The fourth-order valence-corrected chi connectivity index (χ4v) is 2.71. The number of methoxy groups -OCH3 is 1. The first-order valence-electron chi connectivity index (χ1n) is 6.46. The maximum atomic E-state index is 12.6. The zero-order chi connectivity index (χ0) is 13.8. The molecular weight excluding hydrogens is 264 g/mol. The van der Waals surface area contributed by atoms with Gasteiger partial charge in [-0.1, -0.05) is 11.6 Å². The highest BCUT2D eigenvalue weighted by Crippen LogP contribution is 2.27. The second-order valence-electron chi connectivity index (χ2n) is 4.70. The summed E-state index contributed by atoms with van der Waals surface area (Å²) in [7, 11) is 3.46. The second kappa shape index (κ2) is 6.26. The Kier molecular flexibility index (Phi) is 4.66. The Morgan fingerprint density at radius 1 is 1.58 bits per heavy atom. The molecule has 1 N–H and O–H groups in total. The molecule has 1 amide bonds. The van der Waals surface area contributed by atoms with E-state index in [2.05, 4.69) is 5.32 Å². The number of hydrogen-bond donors (Lipinski definition) is 1. The van der Waals surface area contributed by atoms with Crippen LogP contribution in [0.5, 0.6) is 5.75 Å². The molecule has 4 nitrogen and oxygen atoms in total. The van der Waals surface area contributed by atoms with E-state index in [0.29, 0.717) is 16.3 Å². The molecule has 19 heavy (non-hydrogen) atoms. The molecule has 1 aromatic carbocycles. The molecule has 0 aromatic heterocycles. The summed E-state index contributed by atoms with van der Waals surface area (Å²) < 4.78 is 5.25. The largest absolute Gasteiger partial charge is 0.496 e. The second-order valence-corrected chi connectivity index (χ2v) is 5.13. The Bertz CT molecular complexity index is 465. The zero-order valence-electron chi connectivity index (χ0n) is 11.3. The molecule has 1 aliphatic heterocycles. The molecule has 0 aliphatic carbocycles. The van der Waals surface area contributed by atoms with Crippen LogP contribution in [0.1, 0.15) is 23.2 Å². The van der Waals surface area contributed by atoms with Gasteiger partial charge in [-0.05, 0) is 38.1 Å². The average Bonchev–Trinajstić information content (AvgIpc) is 2.86. The van der Waals surface area contributed by atoms with Crippen LogP contribution in [0, 0.1) is 0 Å². The van der Waals surface area contributed by atoms with E-state index in [1.54, 1.807) is 25.3 Å². The van der Waals surface area contributed by atoms with Gasteiger partial charge in [0.25, 0.3) is 5.91 Å². The normalized spacial score (nSPS) is 18.7. The molecule has 1 atom stereocenters. The first-order valence-corrected chi connectivity index (χ1v) is 6.84. The van der Waals surface area contributed by atoms with Gasteiger partial charge in [0, 0.05) is 24.2 Å². The third kappa shape index (κ3) is 3.01. The van der Waals surface area contributed by atoms with E-state index in [4.69, 9.17) is 16.3 Å². The van der Waals surface area contributed by atoms with Crippen LogP contribution in [0.4, 0.5) is 0 Å². The molecule has 1 aromatic rings. The smallest absolute Gasteiger partial charge is 0.257 e. The van der Waals surface area contributed by atoms with E-state index >= 15 is 0 Å². The molecule has 0 bridgehead atoms. The number of hydrogen-bond acceptors (Lipinski definition) is 3. The lowest BCUT2D eigenvalue weighted by molar-refractivity contribution is 0.0733. The molecule has 1 aliphatic rings. The van der Waals surface area contributed by atoms with Crippen LogP contribution in [0.3, 0.4) is 0 Å². The fourth-order valence-electron chi connectivity index (χ4n) is 2.55. The minimum absolute atomic E-state index is 0.0197. The van der Waals surface area contributed by atoms with E-state index < -0.39 is 0 Å². The number of rotatable bonds is 4. The first kappa shape index (κ1) is 14.2. The fraction of sp³-hybridized carbons (Fsp3) is 0.500. The first-order chi connectivity index (χ1) is 9.17. The van der Waals surface area contributed by atoms with Crippen molar-refractivity contribution in [3.8, 4) is 5.75 Å². The summed E-state index contributed by atoms with van der Waals surface area (Å²) in [6.45, 7) is 1.62. The van der Waals surface area contributed by atoms with Gasteiger partial charge in [0.2, 0.25) is 0 Å². The number of carbonyl (C=O) groups is 1. The molecule has 0 saturated carbocycles. The Morgan fingerprint density at radius 3 is 3.05 bits per heavy atom. The number of nitrogens with one attached hydrogen (secondary N) is 1. The number of likely N-dealkylation sites (N-methyl/N-ethyl adjacent to an activating group) is 1. The summed E-state index contributed by atoms with van der Waals surface area (Å²) in [5.41, 5.74) is 0.579. The minimum Gasteiger partial charge on any atom is -0.496 e. The van der Waals surface area contributed by atoms with Gasteiger partial charge in [0.05, 0.1) is 12.7 Å². The predicted octanol–water partition coefficient (Wildman–Crippen LogP) is 2.17. The summed E-state index contributed by atoms with van der Waals surface area (Å²) in [5.74, 6) is 0.555.